The summed E-state index contributed by atoms with van der Waals surface area (Å²) in [4.78, 5) is 12.3. The molecule has 5 nitrogen and oxygen atoms in total. The van der Waals surface area contributed by atoms with Gasteiger partial charge in [0.05, 0.1) is 17.0 Å². The maximum absolute atomic E-state index is 12.6. The van der Waals surface area contributed by atoms with Crippen molar-refractivity contribution in [3.63, 3.8) is 0 Å². The number of pyridine rings is 1. The molecule has 0 aromatic carbocycles. The minimum Gasteiger partial charge on any atom is -0.325 e. The topological polar surface area (TPSA) is 69.1 Å². The molecule has 3 heterocycles. The van der Waals surface area contributed by atoms with E-state index in [1.807, 2.05) is 0 Å². The van der Waals surface area contributed by atoms with Gasteiger partial charge in [0.2, 0.25) is 0 Å². The van der Waals surface area contributed by atoms with Crippen molar-refractivity contribution in [2.75, 3.05) is 0 Å². The summed E-state index contributed by atoms with van der Waals surface area (Å²) in [6, 6.07) is 2.25. The quantitative estimate of drug-likeness (QED) is 0.785. The number of imidazole rings is 1. The number of halogens is 4. The molecule has 0 radical (unpaired) electrons. The molecule has 0 saturated carbocycles. The van der Waals surface area contributed by atoms with Crippen LogP contribution in [0.2, 0.25) is 0 Å². The summed E-state index contributed by atoms with van der Waals surface area (Å²) < 4.78 is 39.4. The van der Waals surface area contributed by atoms with E-state index in [1.54, 1.807) is 23.0 Å². The van der Waals surface area contributed by atoms with Crippen LogP contribution in [-0.4, -0.2) is 19.4 Å². The third-order valence-corrected chi connectivity index (χ3v) is 2.97. The van der Waals surface area contributed by atoms with Crippen LogP contribution in [0.5, 0.6) is 0 Å². The van der Waals surface area contributed by atoms with Crippen LogP contribution < -0.4 is 5.73 Å². The molecule has 22 heavy (non-hydrogen) atoms. The van der Waals surface area contributed by atoms with Crippen LogP contribution in [0.3, 0.4) is 0 Å². The Hall–Kier alpha value is -2.19. The smallest absolute Gasteiger partial charge is 0.325 e. The predicted octanol–water partition coefficient (Wildman–Crippen LogP) is 2.69. The van der Waals surface area contributed by atoms with Crippen LogP contribution in [0.25, 0.3) is 17.0 Å². The van der Waals surface area contributed by atoms with Crippen molar-refractivity contribution in [2.45, 2.75) is 12.7 Å². The highest BCUT2D eigenvalue weighted by atomic mass is 35.5. The van der Waals surface area contributed by atoms with Crippen molar-refractivity contribution in [1.29, 1.82) is 0 Å². The maximum Gasteiger partial charge on any atom is 0.417 e. The zero-order valence-corrected chi connectivity index (χ0v) is 11.9. The number of nitrogens with two attached hydrogens (primary N) is 1. The third kappa shape index (κ3) is 2.88. The number of nitrogens with zero attached hydrogens (tertiary/aromatic N) is 4. The lowest BCUT2D eigenvalue weighted by Gasteiger charge is -2.08. The number of hydrogen-bond acceptors (Lipinski definition) is 4. The van der Waals surface area contributed by atoms with Gasteiger partial charge < -0.3 is 10.1 Å². The van der Waals surface area contributed by atoms with E-state index in [0.29, 0.717) is 22.7 Å². The van der Waals surface area contributed by atoms with Gasteiger partial charge in [0.25, 0.3) is 0 Å². The summed E-state index contributed by atoms with van der Waals surface area (Å²) in [5, 5.41) is 0. The highest BCUT2D eigenvalue weighted by molar-refractivity contribution is 5.85. The highest BCUT2D eigenvalue weighted by Gasteiger charge is 2.30. The molecule has 2 N–H and O–H groups in total. The van der Waals surface area contributed by atoms with Gasteiger partial charge in [-0.25, -0.2) is 9.97 Å². The Balaban J connectivity index is 0.00000176. The van der Waals surface area contributed by atoms with Crippen LogP contribution in [0.4, 0.5) is 13.2 Å². The van der Waals surface area contributed by atoms with Crippen LogP contribution >= 0.6 is 12.4 Å². The average molecular weight is 330 g/mol. The first-order chi connectivity index (χ1) is 9.99. The van der Waals surface area contributed by atoms with Crippen molar-refractivity contribution in [2.24, 2.45) is 5.73 Å². The molecule has 3 aromatic heterocycles. The molecule has 0 aliphatic rings. The summed E-state index contributed by atoms with van der Waals surface area (Å²) >= 11 is 0. The van der Waals surface area contributed by atoms with Gasteiger partial charge in [0.1, 0.15) is 5.69 Å². The molecule has 0 atom stereocenters. The van der Waals surface area contributed by atoms with Crippen LogP contribution in [0.1, 0.15) is 11.3 Å². The predicted molar refractivity (Wildman–Crippen MR) is 76.4 cm³/mol. The summed E-state index contributed by atoms with van der Waals surface area (Å²) in [7, 11) is 0. The lowest BCUT2D eigenvalue weighted by atomic mass is 10.2. The first-order valence-electron chi connectivity index (χ1n) is 6.05. The van der Waals surface area contributed by atoms with Gasteiger partial charge in [-0.15, -0.1) is 12.4 Å². The lowest BCUT2D eigenvalue weighted by Crippen LogP contribution is -2.07. The fraction of sp³-hybridized carbons (Fsp3) is 0.154. The molecule has 0 fully saturated rings. The monoisotopic (exact) mass is 329 g/mol. The second-order valence-electron chi connectivity index (χ2n) is 4.37. The minimum atomic E-state index is -4.42. The number of alkyl halides is 3. The maximum atomic E-state index is 12.6. The summed E-state index contributed by atoms with van der Waals surface area (Å²) in [6.45, 7) is 0.210. The summed E-state index contributed by atoms with van der Waals surface area (Å²) in [6.07, 6.45) is 1.37. The van der Waals surface area contributed by atoms with Gasteiger partial charge in [-0.1, -0.05) is 0 Å². The van der Waals surface area contributed by atoms with Crippen molar-refractivity contribution < 1.29 is 13.2 Å². The zero-order chi connectivity index (χ0) is 15.0. The van der Waals surface area contributed by atoms with Crippen molar-refractivity contribution in [3.05, 3.63) is 48.2 Å². The van der Waals surface area contributed by atoms with Crippen molar-refractivity contribution in [1.82, 2.24) is 19.4 Å². The molecule has 0 saturated heterocycles. The Morgan fingerprint density at radius 1 is 1.18 bits per heavy atom. The number of rotatable bonds is 2. The first kappa shape index (κ1) is 16.2. The van der Waals surface area contributed by atoms with Gasteiger partial charge in [-0.2, -0.15) is 13.2 Å². The van der Waals surface area contributed by atoms with Gasteiger partial charge in [-0.05, 0) is 12.1 Å². The largest absolute Gasteiger partial charge is 0.417 e. The zero-order valence-electron chi connectivity index (χ0n) is 11.1. The molecular formula is C13H11ClF3N5. The first-order valence-corrected chi connectivity index (χ1v) is 6.05. The van der Waals surface area contributed by atoms with Crippen LogP contribution in [0.15, 0.2) is 36.9 Å². The molecule has 0 amide bonds. The molecule has 0 unspecified atom stereocenters. The van der Waals surface area contributed by atoms with Gasteiger partial charge in [0, 0.05) is 31.3 Å². The normalized spacial score (nSPS) is 11.5. The molecular weight excluding hydrogens is 319 g/mol. The van der Waals surface area contributed by atoms with E-state index in [1.165, 1.54) is 6.07 Å². The van der Waals surface area contributed by atoms with E-state index in [0.717, 1.165) is 12.3 Å². The Morgan fingerprint density at radius 2 is 1.95 bits per heavy atom. The number of aromatic nitrogens is 4. The summed E-state index contributed by atoms with van der Waals surface area (Å²) in [5.41, 5.74) is 6.59. The van der Waals surface area contributed by atoms with E-state index in [9.17, 15) is 13.2 Å². The molecule has 116 valence electrons. The molecule has 0 bridgehead atoms. The standard InChI is InChI=1S/C13H10F3N5.ClH/c14-13(15,16)8-1-2-10(19-6-8)11-12-18-3-4-21(12)7-9(5-17)20-11;/h1-4,6-7H,5,17H2;1H. The van der Waals surface area contributed by atoms with Gasteiger partial charge >= 0.3 is 6.18 Å². The Kier molecular flexibility index (Phi) is 4.34. The van der Waals surface area contributed by atoms with E-state index in [4.69, 9.17) is 5.73 Å². The minimum absolute atomic E-state index is 0. The van der Waals surface area contributed by atoms with E-state index < -0.39 is 11.7 Å². The Labute approximate surface area is 129 Å². The third-order valence-electron chi connectivity index (χ3n) is 2.97. The molecule has 0 aliphatic heterocycles. The number of fused-ring (bicyclic) bond motifs is 1. The molecule has 9 heteroatoms. The van der Waals surface area contributed by atoms with E-state index in [2.05, 4.69) is 15.0 Å². The van der Waals surface area contributed by atoms with Gasteiger partial charge in [0.15, 0.2) is 5.65 Å². The SMILES string of the molecule is Cl.NCc1cn2ccnc2c(-c2ccc(C(F)(F)F)cn2)n1. The molecule has 0 spiro atoms. The van der Waals surface area contributed by atoms with Crippen molar-refractivity contribution >= 4 is 18.1 Å². The van der Waals surface area contributed by atoms with Crippen LogP contribution in [0, 0.1) is 0 Å². The fourth-order valence-electron chi connectivity index (χ4n) is 1.96. The molecule has 3 rings (SSSR count). The second-order valence-corrected chi connectivity index (χ2v) is 4.37. The fourth-order valence-corrected chi connectivity index (χ4v) is 1.96. The average Bonchev–Trinajstić information content (AvgIpc) is 2.93. The lowest BCUT2D eigenvalue weighted by molar-refractivity contribution is -0.137. The molecule has 3 aromatic rings. The van der Waals surface area contributed by atoms with E-state index in [-0.39, 0.29) is 19.0 Å². The second kappa shape index (κ2) is 5.90. The summed E-state index contributed by atoms with van der Waals surface area (Å²) in [5.74, 6) is 0. The van der Waals surface area contributed by atoms with Crippen molar-refractivity contribution in [3.8, 4) is 11.4 Å². The highest BCUT2D eigenvalue weighted by Crippen LogP contribution is 2.30. The van der Waals surface area contributed by atoms with Crippen LogP contribution in [-0.2, 0) is 12.7 Å². The van der Waals surface area contributed by atoms with E-state index >= 15 is 0 Å². The Morgan fingerprint density at radius 3 is 2.55 bits per heavy atom. The molecule has 0 aliphatic carbocycles. The Bertz CT molecular complexity index is 782. The van der Waals surface area contributed by atoms with Gasteiger partial charge in [-0.3, -0.25) is 4.98 Å². The number of hydrogen-bond donors (Lipinski definition) is 1.